The van der Waals surface area contributed by atoms with Gasteiger partial charge >= 0.3 is 0 Å². The molecule has 0 unspecified atom stereocenters. The molecule has 0 amide bonds. The molecular formula is C12H26N2. The Labute approximate surface area is 88.8 Å². The van der Waals surface area contributed by atoms with E-state index in [-0.39, 0.29) is 5.54 Å². The summed E-state index contributed by atoms with van der Waals surface area (Å²) >= 11 is 0. The summed E-state index contributed by atoms with van der Waals surface area (Å²) in [7, 11) is 0. The molecule has 0 bridgehead atoms. The minimum absolute atomic E-state index is 0.181. The van der Waals surface area contributed by atoms with Gasteiger partial charge in [0, 0.05) is 12.1 Å². The highest BCUT2D eigenvalue weighted by Gasteiger charge is 2.30. The molecule has 2 heteroatoms. The second-order valence-electron chi connectivity index (χ2n) is 6.02. The van der Waals surface area contributed by atoms with E-state index in [4.69, 9.17) is 5.73 Å². The highest BCUT2D eigenvalue weighted by atomic mass is 15.2. The normalized spacial score (nSPS) is 24.6. The van der Waals surface area contributed by atoms with Gasteiger partial charge in [0.2, 0.25) is 0 Å². The Hall–Kier alpha value is -0.0800. The fourth-order valence-electron chi connectivity index (χ4n) is 2.16. The molecule has 1 fully saturated rings. The smallest absolute Gasteiger partial charge is 0.0275 e. The molecule has 1 aliphatic heterocycles. The summed E-state index contributed by atoms with van der Waals surface area (Å²) in [6, 6.07) is 0. The van der Waals surface area contributed by atoms with E-state index in [0.29, 0.717) is 5.41 Å². The number of nitrogens with two attached hydrogens (primary N) is 1. The van der Waals surface area contributed by atoms with Crippen LogP contribution in [0.2, 0.25) is 0 Å². The molecule has 0 atom stereocenters. The van der Waals surface area contributed by atoms with Crippen molar-refractivity contribution in [3.05, 3.63) is 0 Å². The van der Waals surface area contributed by atoms with Gasteiger partial charge in [-0.2, -0.15) is 0 Å². The van der Waals surface area contributed by atoms with Crippen LogP contribution in [0.3, 0.4) is 0 Å². The van der Waals surface area contributed by atoms with Crippen LogP contribution in [0.5, 0.6) is 0 Å². The van der Waals surface area contributed by atoms with Crippen molar-refractivity contribution < 1.29 is 0 Å². The fraction of sp³-hybridized carbons (Fsp3) is 1.00. The summed E-state index contributed by atoms with van der Waals surface area (Å²) in [4.78, 5) is 2.56. The van der Waals surface area contributed by atoms with Gasteiger partial charge in [-0.3, -0.25) is 4.90 Å². The molecule has 1 rings (SSSR count). The first-order valence-corrected chi connectivity index (χ1v) is 5.82. The van der Waals surface area contributed by atoms with Crippen LogP contribution in [-0.2, 0) is 0 Å². The van der Waals surface area contributed by atoms with E-state index in [1.165, 1.54) is 32.4 Å². The van der Waals surface area contributed by atoms with Crippen molar-refractivity contribution >= 4 is 0 Å². The van der Waals surface area contributed by atoms with Gasteiger partial charge < -0.3 is 5.73 Å². The number of hydrogen-bond donors (Lipinski definition) is 1. The van der Waals surface area contributed by atoms with E-state index in [1.54, 1.807) is 0 Å². The van der Waals surface area contributed by atoms with Crippen LogP contribution in [0.1, 0.15) is 47.0 Å². The molecule has 0 aromatic heterocycles. The molecule has 0 aromatic rings. The van der Waals surface area contributed by atoms with Crippen molar-refractivity contribution in [3.63, 3.8) is 0 Å². The zero-order valence-electron chi connectivity index (χ0n) is 10.3. The van der Waals surface area contributed by atoms with Crippen LogP contribution in [0.25, 0.3) is 0 Å². The van der Waals surface area contributed by atoms with Crippen LogP contribution < -0.4 is 5.73 Å². The van der Waals surface area contributed by atoms with Gasteiger partial charge in [0.1, 0.15) is 0 Å². The van der Waals surface area contributed by atoms with Crippen molar-refractivity contribution in [2.75, 3.05) is 19.6 Å². The molecule has 2 N–H and O–H groups in total. The molecule has 2 nitrogen and oxygen atoms in total. The molecule has 0 radical (unpaired) electrons. The van der Waals surface area contributed by atoms with Gasteiger partial charge in [-0.05, 0) is 51.6 Å². The Balaban J connectivity index is 2.58. The molecule has 0 aromatic carbocycles. The lowest BCUT2D eigenvalue weighted by Crippen LogP contribution is -2.49. The van der Waals surface area contributed by atoms with Crippen LogP contribution in [0.15, 0.2) is 0 Å². The third-order valence-corrected chi connectivity index (χ3v) is 3.70. The molecule has 84 valence electrons. The monoisotopic (exact) mass is 198 g/mol. The first kappa shape index (κ1) is 12.0. The minimum Gasteiger partial charge on any atom is -0.329 e. The van der Waals surface area contributed by atoms with Crippen molar-refractivity contribution in [1.82, 2.24) is 4.90 Å². The molecular weight excluding hydrogens is 172 g/mol. The average molecular weight is 198 g/mol. The summed E-state index contributed by atoms with van der Waals surface area (Å²) in [6.45, 7) is 12.5. The van der Waals surface area contributed by atoms with Crippen LogP contribution in [0, 0.1) is 5.41 Å². The van der Waals surface area contributed by atoms with E-state index in [0.717, 1.165) is 6.54 Å². The van der Waals surface area contributed by atoms with Gasteiger partial charge in [-0.1, -0.05) is 13.8 Å². The lowest BCUT2D eigenvalue weighted by molar-refractivity contribution is 0.127. The van der Waals surface area contributed by atoms with Gasteiger partial charge in [0.25, 0.3) is 0 Å². The predicted molar refractivity (Wildman–Crippen MR) is 62.3 cm³/mol. The third kappa shape index (κ3) is 2.96. The molecule has 0 spiro atoms. The number of likely N-dealkylation sites (tertiary alicyclic amines) is 1. The topological polar surface area (TPSA) is 29.3 Å². The van der Waals surface area contributed by atoms with Crippen molar-refractivity contribution in [2.24, 2.45) is 11.1 Å². The maximum Gasteiger partial charge on any atom is 0.0275 e. The van der Waals surface area contributed by atoms with Crippen molar-refractivity contribution in [2.45, 2.75) is 52.5 Å². The van der Waals surface area contributed by atoms with Crippen LogP contribution >= 0.6 is 0 Å². The number of hydrogen-bond acceptors (Lipinski definition) is 2. The van der Waals surface area contributed by atoms with E-state index in [1.807, 2.05) is 0 Å². The Morgan fingerprint density at radius 2 is 1.86 bits per heavy atom. The molecule has 0 saturated carbocycles. The SMILES string of the molecule is CC1(C)CCCN(C(C)(C)CN)CC1. The molecule has 0 aliphatic carbocycles. The van der Waals surface area contributed by atoms with Gasteiger partial charge in [-0.15, -0.1) is 0 Å². The third-order valence-electron chi connectivity index (χ3n) is 3.70. The first-order chi connectivity index (χ1) is 6.37. The predicted octanol–water partition coefficient (Wildman–Crippen LogP) is 2.24. The Morgan fingerprint density at radius 3 is 2.43 bits per heavy atom. The first-order valence-electron chi connectivity index (χ1n) is 5.82. The summed E-state index contributed by atoms with van der Waals surface area (Å²) in [5, 5.41) is 0. The average Bonchev–Trinajstić information content (AvgIpc) is 2.26. The van der Waals surface area contributed by atoms with E-state index in [2.05, 4.69) is 32.6 Å². The summed E-state index contributed by atoms with van der Waals surface area (Å²) in [5.41, 5.74) is 6.52. The lowest BCUT2D eigenvalue weighted by atomic mass is 9.85. The highest BCUT2D eigenvalue weighted by Crippen LogP contribution is 2.31. The lowest BCUT2D eigenvalue weighted by Gasteiger charge is -2.37. The van der Waals surface area contributed by atoms with Crippen LogP contribution in [0.4, 0.5) is 0 Å². The zero-order valence-corrected chi connectivity index (χ0v) is 10.3. The van der Waals surface area contributed by atoms with Crippen LogP contribution in [-0.4, -0.2) is 30.1 Å². The van der Waals surface area contributed by atoms with Crippen molar-refractivity contribution in [1.29, 1.82) is 0 Å². The summed E-state index contributed by atoms with van der Waals surface area (Å²) in [6.07, 6.45) is 3.97. The Bertz CT molecular complexity index is 185. The fourth-order valence-corrected chi connectivity index (χ4v) is 2.16. The quantitative estimate of drug-likeness (QED) is 0.737. The van der Waals surface area contributed by atoms with Gasteiger partial charge in [0.05, 0.1) is 0 Å². The molecule has 14 heavy (non-hydrogen) atoms. The maximum atomic E-state index is 5.81. The van der Waals surface area contributed by atoms with E-state index in [9.17, 15) is 0 Å². The minimum atomic E-state index is 0.181. The standard InChI is InChI=1S/C12H26N2/c1-11(2)6-5-8-14(9-7-11)12(3,4)10-13/h5-10,13H2,1-4H3. The Kier molecular flexibility index (Phi) is 3.59. The number of rotatable bonds is 2. The second-order valence-corrected chi connectivity index (χ2v) is 6.02. The zero-order chi connectivity index (χ0) is 10.8. The maximum absolute atomic E-state index is 5.81. The van der Waals surface area contributed by atoms with Gasteiger partial charge in [0.15, 0.2) is 0 Å². The largest absolute Gasteiger partial charge is 0.329 e. The molecule has 1 aliphatic rings. The number of nitrogens with zero attached hydrogens (tertiary/aromatic N) is 1. The van der Waals surface area contributed by atoms with Crippen molar-refractivity contribution in [3.8, 4) is 0 Å². The molecule has 1 heterocycles. The van der Waals surface area contributed by atoms with E-state index < -0.39 is 0 Å². The summed E-state index contributed by atoms with van der Waals surface area (Å²) in [5.74, 6) is 0. The second kappa shape index (κ2) is 4.19. The highest BCUT2D eigenvalue weighted by molar-refractivity contribution is 4.86. The van der Waals surface area contributed by atoms with E-state index >= 15 is 0 Å². The molecule has 1 saturated heterocycles. The van der Waals surface area contributed by atoms with Gasteiger partial charge in [-0.25, -0.2) is 0 Å². The Morgan fingerprint density at radius 1 is 1.21 bits per heavy atom. The summed E-state index contributed by atoms with van der Waals surface area (Å²) < 4.78 is 0.